The quantitative estimate of drug-likeness (QED) is 0.311. The number of aromatic nitrogens is 4. The predicted molar refractivity (Wildman–Crippen MR) is 143 cm³/mol. The van der Waals surface area contributed by atoms with Crippen molar-refractivity contribution in [3.05, 3.63) is 140 Å². The first-order valence-electron chi connectivity index (χ1n) is 11.9. The number of aromatic amines is 4. The summed E-state index contributed by atoms with van der Waals surface area (Å²) in [6, 6.07) is 29.9. The zero-order valence-corrected chi connectivity index (χ0v) is 19.1. The van der Waals surface area contributed by atoms with Crippen LogP contribution in [0.1, 0.15) is 33.9 Å². The fourth-order valence-corrected chi connectivity index (χ4v) is 5.00. The van der Waals surface area contributed by atoms with Gasteiger partial charge in [-0.15, -0.1) is 0 Å². The van der Waals surface area contributed by atoms with Crippen LogP contribution in [0.4, 0.5) is 0 Å². The molecule has 6 aromatic rings. The first kappa shape index (κ1) is 19.7. The molecule has 35 heavy (non-hydrogen) atoms. The normalized spacial score (nSPS) is 12.5. The number of benzene rings is 2. The number of hydrogen-bond donors (Lipinski definition) is 4. The minimum Gasteiger partial charge on any atom is -0.355 e. The smallest absolute Gasteiger partial charge is 0.0485 e. The summed E-state index contributed by atoms with van der Waals surface area (Å²) in [5.74, 6) is 0. The Morgan fingerprint density at radius 2 is 1.14 bits per heavy atom. The summed E-state index contributed by atoms with van der Waals surface area (Å²) < 4.78 is 0. The van der Waals surface area contributed by atoms with E-state index in [4.69, 9.17) is 0 Å². The molecule has 5 heterocycles. The molecule has 0 radical (unpaired) electrons. The molecule has 0 saturated carbocycles. The van der Waals surface area contributed by atoms with Gasteiger partial charge in [-0.05, 0) is 72.2 Å². The van der Waals surface area contributed by atoms with Crippen molar-refractivity contribution >= 4 is 35.1 Å². The van der Waals surface area contributed by atoms with Crippen LogP contribution in [-0.2, 0) is 6.42 Å². The summed E-state index contributed by atoms with van der Waals surface area (Å²) in [7, 11) is 0. The lowest BCUT2D eigenvalue weighted by Gasteiger charge is -2.01. The van der Waals surface area contributed by atoms with Crippen LogP contribution < -0.4 is 21.4 Å². The third-order valence-corrected chi connectivity index (χ3v) is 6.64. The Bertz CT molecular complexity index is 1920. The number of hydrogen-bond acceptors (Lipinski definition) is 0. The molecule has 2 aromatic carbocycles. The van der Waals surface area contributed by atoms with Crippen LogP contribution in [0.3, 0.4) is 0 Å². The molecule has 0 unspecified atom stereocenters. The van der Waals surface area contributed by atoms with Crippen molar-refractivity contribution in [2.24, 2.45) is 0 Å². The van der Waals surface area contributed by atoms with Gasteiger partial charge >= 0.3 is 0 Å². The van der Waals surface area contributed by atoms with Gasteiger partial charge in [-0.25, -0.2) is 0 Å². The highest BCUT2D eigenvalue weighted by molar-refractivity contribution is 5.85. The maximum atomic E-state index is 3.68. The van der Waals surface area contributed by atoms with Gasteiger partial charge < -0.3 is 19.9 Å². The lowest BCUT2D eigenvalue weighted by Crippen LogP contribution is -2.11. The average Bonchev–Trinajstić information content (AvgIpc) is 3.65. The molecule has 1 aliphatic heterocycles. The van der Waals surface area contributed by atoms with E-state index in [2.05, 4.69) is 129 Å². The summed E-state index contributed by atoms with van der Waals surface area (Å²) in [5.41, 5.74) is 6.88. The molecule has 4 N–H and O–H groups in total. The van der Waals surface area contributed by atoms with Crippen molar-refractivity contribution in [2.45, 2.75) is 6.42 Å². The van der Waals surface area contributed by atoms with Crippen molar-refractivity contribution in [1.82, 2.24) is 19.9 Å². The Labute approximate surface area is 201 Å². The van der Waals surface area contributed by atoms with Crippen LogP contribution in [0, 0.1) is 0 Å². The monoisotopic (exact) mass is 452 g/mol. The van der Waals surface area contributed by atoms with Gasteiger partial charge in [0.25, 0.3) is 0 Å². The van der Waals surface area contributed by atoms with Crippen molar-refractivity contribution in [1.29, 1.82) is 0 Å². The fraction of sp³-hybridized carbons (Fsp3) is 0.0323. The predicted octanol–water partition coefficient (Wildman–Crippen LogP) is 3.37. The maximum absolute atomic E-state index is 3.68. The molecule has 0 saturated heterocycles. The molecule has 168 valence electrons. The van der Waals surface area contributed by atoms with Crippen LogP contribution in [0.25, 0.3) is 35.1 Å². The van der Waals surface area contributed by atoms with Crippen LogP contribution in [0.15, 0.2) is 84.9 Å². The molecule has 0 amide bonds. The second kappa shape index (κ2) is 7.96. The standard InChI is InChI=1S/C31H24N4/c1-2-6-20(7-3-1)14-21-15-26-17-24-11-10-22(32-24)16-23-12-13-25(33-23)18-30-27-8-4-5-9-28(27)31(35-30)19-29(21)34-26/h1-13,15-19,32-35H,14H2. The first-order chi connectivity index (χ1) is 17.3. The summed E-state index contributed by atoms with van der Waals surface area (Å²) in [6.45, 7) is 0. The van der Waals surface area contributed by atoms with E-state index in [0.717, 1.165) is 50.6 Å². The van der Waals surface area contributed by atoms with Gasteiger partial charge in [0.05, 0.1) is 0 Å². The molecule has 4 heteroatoms. The number of H-pyrrole nitrogens is 4. The average molecular weight is 453 g/mol. The Morgan fingerprint density at radius 1 is 0.486 bits per heavy atom. The summed E-state index contributed by atoms with van der Waals surface area (Å²) in [5, 5.41) is 6.74. The lowest BCUT2D eigenvalue weighted by molar-refractivity contribution is 1.18. The van der Waals surface area contributed by atoms with E-state index in [1.807, 2.05) is 0 Å². The molecule has 4 nitrogen and oxygen atoms in total. The van der Waals surface area contributed by atoms with E-state index < -0.39 is 0 Å². The third-order valence-electron chi connectivity index (χ3n) is 6.64. The second-order valence-corrected chi connectivity index (χ2v) is 9.14. The van der Waals surface area contributed by atoms with Gasteiger partial charge in [0.1, 0.15) is 0 Å². The van der Waals surface area contributed by atoms with Gasteiger partial charge in [0, 0.05) is 54.9 Å². The summed E-state index contributed by atoms with van der Waals surface area (Å²) in [4.78, 5) is 14.4. The van der Waals surface area contributed by atoms with Gasteiger partial charge in [0.2, 0.25) is 0 Å². The van der Waals surface area contributed by atoms with E-state index in [0.29, 0.717) is 0 Å². The zero-order valence-electron chi connectivity index (χ0n) is 19.1. The fourth-order valence-electron chi connectivity index (χ4n) is 5.00. The molecule has 0 fully saturated rings. The Kier molecular flexibility index (Phi) is 4.49. The lowest BCUT2D eigenvalue weighted by atomic mass is 10.0. The van der Waals surface area contributed by atoms with Gasteiger partial charge in [-0.1, -0.05) is 54.6 Å². The minimum absolute atomic E-state index is 0.864. The van der Waals surface area contributed by atoms with Crippen LogP contribution >= 0.6 is 0 Å². The van der Waals surface area contributed by atoms with Crippen molar-refractivity contribution in [2.75, 3.05) is 0 Å². The van der Waals surface area contributed by atoms with Gasteiger partial charge in [-0.3, -0.25) is 0 Å². The van der Waals surface area contributed by atoms with Gasteiger partial charge in [-0.2, -0.15) is 0 Å². The van der Waals surface area contributed by atoms with Crippen molar-refractivity contribution in [3.63, 3.8) is 0 Å². The molecule has 4 aromatic heterocycles. The molecular formula is C31H24N4. The molecule has 8 bridgehead atoms. The summed E-state index contributed by atoms with van der Waals surface area (Å²) >= 11 is 0. The third kappa shape index (κ3) is 3.75. The van der Waals surface area contributed by atoms with Crippen molar-refractivity contribution < 1.29 is 0 Å². The zero-order chi connectivity index (χ0) is 23.2. The van der Waals surface area contributed by atoms with Crippen LogP contribution in [0.2, 0.25) is 0 Å². The second-order valence-electron chi connectivity index (χ2n) is 9.14. The molecule has 0 spiro atoms. The van der Waals surface area contributed by atoms with E-state index in [-0.39, 0.29) is 0 Å². The molecule has 7 rings (SSSR count). The Balaban J connectivity index is 1.52. The molecular weight excluding hydrogens is 428 g/mol. The number of rotatable bonds is 2. The van der Waals surface area contributed by atoms with E-state index >= 15 is 0 Å². The highest BCUT2D eigenvalue weighted by Crippen LogP contribution is 2.18. The maximum Gasteiger partial charge on any atom is 0.0485 e. The minimum atomic E-state index is 0.864. The first-order valence-corrected chi connectivity index (χ1v) is 11.9. The topological polar surface area (TPSA) is 63.2 Å². The van der Waals surface area contributed by atoms with E-state index in [1.165, 1.54) is 21.9 Å². The highest BCUT2D eigenvalue weighted by Gasteiger charge is 2.09. The number of fused-ring (bicyclic) bond motifs is 11. The SMILES string of the molecule is C1=c2ccc([nH]2)=Cc2cc(Cc3ccccc3)c([nH]2)C=c2[nH]c(c3ccccc23)=Cc2ccc1[nH]2. The molecule has 0 atom stereocenters. The number of nitrogens with one attached hydrogen (secondary N) is 4. The Morgan fingerprint density at radius 3 is 1.91 bits per heavy atom. The Hall–Kier alpha value is -4.70. The van der Waals surface area contributed by atoms with Crippen LogP contribution in [-0.4, -0.2) is 19.9 Å². The highest BCUT2D eigenvalue weighted by atomic mass is 14.8. The van der Waals surface area contributed by atoms with Crippen molar-refractivity contribution in [3.8, 4) is 0 Å². The van der Waals surface area contributed by atoms with E-state index in [1.54, 1.807) is 0 Å². The molecule has 0 aliphatic carbocycles. The van der Waals surface area contributed by atoms with E-state index in [9.17, 15) is 0 Å². The van der Waals surface area contributed by atoms with Gasteiger partial charge in [0.15, 0.2) is 0 Å². The molecule has 1 aliphatic rings. The van der Waals surface area contributed by atoms with Crippen LogP contribution in [0.5, 0.6) is 0 Å². The summed E-state index contributed by atoms with van der Waals surface area (Å²) in [6.07, 6.45) is 9.59. The largest absolute Gasteiger partial charge is 0.355 e.